The standard InChI is InChI=1S/C14H22N2O2S2/c1-11(2)16-20(17,18)13-6-4-12(5-7-13)15-10-14(19-3)8-9-14/h4-7,11,15-16H,8-10H2,1-3H3. The lowest BCUT2D eigenvalue weighted by molar-refractivity contribution is 0.570. The van der Waals surface area contributed by atoms with E-state index in [9.17, 15) is 8.42 Å². The van der Waals surface area contributed by atoms with Crippen LogP contribution in [0.3, 0.4) is 0 Å². The van der Waals surface area contributed by atoms with Crippen LogP contribution >= 0.6 is 11.8 Å². The van der Waals surface area contributed by atoms with Gasteiger partial charge in [-0.15, -0.1) is 0 Å². The molecule has 0 aliphatic heterocycles. The zero-order chi connectivity index (χ0) is 14.8. The van der Waals surface area contributed by atoms with Crippen molar-refractivity contribution in [1.82, 2.24) is 4.72 Å². The quantitative estimate of drug-likeness (QED) is 0.812. The fourth-order valence-corrected chi connectivity index (χ4v) is 3.96. The third kappa shape index (κ3) is 3.90. The second kappa shape index (κ2) is 5.95. The maximum absolute atomic E-state index is 12.0. The normalized spacial score (nSPS) is 17.2. The Balaban J connectivity index is 1.99. The molecule has 6 heteroatoms. The lowest BCUT2D eigenvalue weighted by Crippen LogP contribution is -2.30. The van der Waals surface area contributed by atoms with E-state index in [2.05, 4.69) is 16.3 Å². The predicted octanol–water partition coefficient (Wildman–Crippen LogP) is 2.68. The van der Waals surface area contributed by atoms with Gasteiger partial charge in [0.25, 0.3) is 0 Å². The van der Waals surface area contributed by atoms with Gasteiger partial charge in [-0.3, -0.25) is 0 Å². The number of benzene rings is 1. The third-order valence-electron chi connectivity index (χ3n) is 3.41. The first-order chi connectivity index (χ1) is 9.37. The minimum absolute atomic E-state index is 0.103. The van der Waals surface area contributed by atoms with Gasteiger partial charge < -0.3 is 5.32 Å². The van der Waals surface area contributed by atoms with Crippen molar-refractivity contribution in [3.05, 3.63) is 24.3 Å². The van der Waals surface area contributed by atoms with Crippen molar-refractivity contribution >= 4 is 27.5 Å². The zero-order valence-corrected chi connectivity index (χ0v) is 13.8. The average molecular weight is 314 g/mol. The molecule has 1 saturated carbocycles. The predicted molar refractivity (Wildman–Crippen MR) is 85.9 cm³/mol. The van der Waals surface area contributed by atoms with Crippen LogP contribution in [-0.2, 0) is 10.0 Å². The average Bonchev–Trinajstić information content (AvgIpc) is 3.16. The monoisotopic (exact) mass is 314 g/mol. The van der Waals surface area contributed by atoms with Crippen LogP contribution < -0.4 is 10.0 Å². The molecule has 0 aromatic heterocycles. The molecule has 1 aromatic rings. The Hall–Kier alpha value is -0.720. The lowest BCUT2D eigenvalue weighted by Gasteiger charge is -2.15. The largest absolute Gasteiger partial charge is 0.384 e. The molecule has 2 rings (SSSR count). The summed E-state index contributed by atoms with van der Waals surface area (Å²) in [5, 5.41) is 3.38. The van der Waals surface area contributed by atoms with Crippen LogP contribution in [0, 0.1) is 0 Å². The smallest absolute Gasteiger partial charge is 0.240 e. The van der Waals surface area contributed by atoms with Gasteiger partial charge in [0, 0.05) is 23.0 Å². The Morgan fingerprint density at radius 2 is 1.85 bits per heavy atom. The van der Waals surface area contributed by atoms with Gasteiger partial charge in [0.05, 0.1) is 4.90 Å². The first-order valence-corrected chi connectivity index (χ1v) is 9.49. The van der Waals surface area contributed by atoms with Gasteiger partial charge in [0.2, 0.25) is 10.0 Å². The van der Waals surface area contributed by atoms with E-state index in [-0.39, 0.29) is 6.04 Å². The van der Waals surface area contributed by atoms with Gasteiger partial charge in [-0.05, 0) is 57.2 Å². The van der Waals surface area contributed by atoms with Gasteiger partial charge in [-0.1, -0.05) is 0 Å². The maximum Gasteiger partial charge on any atom is 0.240 e. The van der Waals surface area contributed by atoms with Gasteiger partial charge in [0.1, 0.15) is 0 Å². The summed E-state index contributed by atoms with van der Waals surface area (Å²) in [6, 6.07) is 6.84. The molecule has 0 heterocycles. The molecule has 0 spiro atoms. The molecule has 0 amide bonds. The highest BCUT2D eigenvalue weighted by Gasteiger charge is 2.41. The number of rotatable bonds is 7. The summed E-state index contributed by atoms with van der Waals surface area (Å²) in [5.74, 6) is 0. The second-order valence-corrected chi connectivity index (χ2v) is 8.53. The highest BCUT2D eigenvalue weighted by atomic mass is 32.2. The molecule has 1 aromatic carbocycles. The lowest BCUT2D eigenvalue weighted by atomic mass is 10.3. The first kappa shape index (κ1) is 15.7. The van der Waals surface area contributed by atoms with Crippen molar-refractivity contribution in [3.8, 4) is 0 Å². The molecule has 4 nitrogen and oxygen atoms in total. The van der Waals surface area contributed by atoms with E-state index in [0.29, 0.717) is 9.64 Å². The summed E-state index contributed by atoms with van der Waals surface area (Å²) >= 11 is 1.90. The van der Waals surface area contributed by atoms with E-state index < -0.39 is 10.0 Å². The SMILES string of the molecule is CSC1(CNc2ccc(S(=O)(=O)NC(C)C)cc2)CC1. The molecule has 1 fully saturated rings. The molecule has 0 unspecified atom stereocenters. The molecule has 2 N–H and O–H groups in total. The van der Waals surface area contributed by atoms with Gasteiger partial charge in [-0.2, -0.15) is 11.8 Å². The van der Waals surface area contributed by atoms with Crippen molar-refractivity contribution in [1.29, 1.82) is 0 Å². The van der Waals surface area contributed by atoms with Gasteiger partial charge in [-0.25, -0.2) is 13.1 Å². The Bertz CT molecular complexity index is 549. The van der Waals surface area contributed by atoms with Crippen molar-refractivity contribution in [3.63, 3.8) is 0 Å². The van der Waals surface area contributed by atoms with Crippen LogP contribution in [-0.4, -0.2) is 32.0 Å². The van der Waals surface area contributed by atoms with Crippen molar-refractivity contribution < 1.29 is 8.42 Å². The minimum Gasteiger partial charge on any atom is -0.384 e. The number of sulfonamides is 1. The van der Waals surface area contributed by atoms with E-state index in [0.717, 1.165) is 12.2 Å². The topological polar surface area (TPSA) is 58.2 Å². The Morgan fingerprint density at radius 3 is 2.30 bits per heavy atom. The molecule has 0 radical (unpaired) electrons. The fourth-order valence-electron chi connectivity index (χ4n) is 1.99. The summed E-state index contributed by atoms with van der Waals surface area (Å²) in [4.78, 5) is 0.308. The second-order valence-electron chi connectivity index (χ2n) is 5.54. The molecule has 112 valence electrons. The first-order valence-electron chi connectivity index (χ1n) is 6.78. The van der Waals surface area contributed by atoms with Gasteiger partial charge in [0.15, 0.2) is 0 Å². The van der Waals surface area contributed by atoms with Crippen LogP contribution in [0.5, 0.6) is 0 Å². The minimum atomic E-state index is -3.39. The Morgan fingerprint density at radius 1 is 1.25 bits per heavy atom. The number of hydrogen-bond donors (Lipinski definition) is 2. The van der Waals surface area contributed by atoms with Crippen LogP contribution in [0.4, 0.5) is 5.69 Å². The summed E-state index contributed by atoms with van der Waals surface area (Å²) < 4.78 is 27.0. The highest BCUT2D eigenvalue weighted by Crippen LogP contribution is 2.47. The summed E-state index contributed by atoms with van der Waals surface area (Å²) in [7, 11) is -3.39. The molecule has 0 saturated heterocycles. The molecule has 0 bridgehead atoms. The van der Waals surface area contributed by atoms with E-state index >= 15 is 0 Å². The molecule has 0 atom stereocenters. The van der Waals surface area contributed by atoms with E-state index in [4.69, 9.17) is 0 Å². The third-order valence-corrected chi connectivity index (χ3v) is 6.50. The Labute approximate surface area is 125 Å². The number of hydrogen-bond acceptors (Lipinski definition) is 4. The van der Waals surface area contributed by atoms with Crippen LogP contribution in [0.2, 0.25) is 0 Å². The van der Waals surface area contributed by atoms with Gasteiger partial charge >= 0.3 is 0 Å². The van der Waals surface area contributed by atoms with E-state index in [1.165, 1.54) is 12.8 Å². The number of nitrogens with one attached hydrogen (secondary N) is 2. The van der Waals surface area contributed by atoms with Crippen molar-refractivity contribution in [2.75, 3.05) is 18.1 Å². The number of anilines is 1. The number of thioether (sulfide) groups is 1. The fraction of sp³-hybridized carbons (Fsp3) is 0.571. The van der Waals surface area contributed by atoms with Crippen LogP contribution in [0.25, 0.3) is 0 Å². The van der Waals surface area contributed by atoms with Crippen molar-refractivity contribution in [2.24, 2.45) is 0 Å². The summed E-state index contributed by atoms with van der Waals surface area (Å²) in [6.07, 6.45) is 4.65. The summed E-state index contributed by atoms with van der Waals surface area (Å²) in [6.45, 7) is 4.56. The summed E-state index contributed by atoms with van der Waals surface area (Å²) in [5.41, 5.74) is 0.967. The molecule has 1 aliphatic rings. The van der Waals surface area contributed by atoms with Crippen LogP contribution in [0.15, 0.2) is 29.2 Å². The highest BCUT2D eigenvalue weighted by molar-refractivity contribution is 8.00. The molecule has 20 heavy (non-hydrogen) atoms. The molecular weight excluding hydrogens is 292 g/mol. The zero-order valence-electron chi connectivity index (χ0n) is 12.1. The molecule has 1 aliphatic carbocycles. The van der Waals surface area contributed by atoms with Crippen molar-refractivity contribution in [2.45, 2.75) is 42.4 Å². The van der Waals surface area contributed by atoms with E-state index in [1.807, 2.05) is 37.7 Å². The Kier molecular flexibility index (Phi) is 4.66. The van der Waals surface area contributed by atoms with Crippen LogP contribution in [0.1, 0.15) is 26.7 Å². The van der Waals surface area contributed by atoms with E-state index in [1.54, 1.807) is 12.1 Å². The maximum atomic E-state index is 12.0. The molecular formula is C14H22N2O2S2.